The van der Waals surface area contributed by atoms with Crippen LogP contribution in [0, 0.1) is 17.1 Å². The number of hydrogen-bond acceptors (Lipinski definition) is 3. The predicted octanol–water partition coefficient (Wildman–Crippen LogP) is 4.05. The Labute approximate surface area is 165 Å². The first kappa shape index (κ1) is 19.7. The van der Waals surface area contributed by atoms with Crippen LogP contribution in [-0.2, 0) is 6.54 Å². The number of nitrogens with zero attached hydrogens (tertiary/aromatic N) is 2. The Morgan fingerprint density at radius 1 is 1.32 bits per heavy atom. The van der Waals surface area contributed by atoms with Gasteiger partial charge >= 0.3 is 0 Å². The predicted molar refractivity (Wildman–Crippen MR) is 108 cm³/mol. The number of para-hydroxylation sites is 1. The highest BCUT2D eigenvalue weighted by molar-refractivity contribution is 5.80. The lowest BCUT2D eigenvalue weighted by Gasteiger charge is -2.38. The minimum Gasteiger partial charge on any atom is -0.487 e. The van der Waals surface area contributed by atoms with Crippen LogP contribution in [0.4, 0.5) is 4.39 Å². The molecule has 5 nitrogen and oxygen atoms in total. The summed E-state index contributed by atoms with van der Waals surface area (Å²) in [5.74, 6) is 1.06. The number of hydrogen-bond donors (Lipinski definition) is 2. The quantitative estimate of drug-likeness (QED) is 0.620. The van der Waals surface area contributed by atoms with E-state index in [0.717, 1.165) is 17.7 Å². The van der Waals surface area contributed by atoms with E-state index in [2.05, 4.69) is 29.5 Å². The molecule has 0 radical (unpaired) electrons. The molecular formula is C22H25FN4O. The Balaban J connectivity index is 1.81. The summed E-state index contributed by atoms with van der Waals surface area (Å²) in [5.41, 5.74) is 1.53. The molecule has 0 amide bonds. The third-order valence-electron chi connectivity index (χ3n) is 4.62. The molecule has 28 heavy (non-hydrogen) atoms. The third-order valence-corrected chi connectivity index (χ3v) is 4.62. The van der Waals surface area contributed by atoms with Gasteiger partial charge in [0.1, 0.15) is 17.2 Å². The van der Waals surface area contributed by atoms with Gasteiger partial charge in [-0.05, 0) is 39.0 Å². The van der Waals surface area contributed by atoms with E-state index in [1.54, 1.807) is 12.1 Å². The average molecular weight is 380 g/mol. The molecule has 0 fully saturated rings. The van der Waals surface area contributed by atoms with Crippen molar-refractivity contribution in [3.05, 3.63) is 65.0 Å². The molecule has 1 heterocycles. The fraction of sp³-hybridized carbons (Fsp3) is 0.364. The molecule has 0 aromatic heterocycles. The molecule has 3 rings (SSSR count). The molecule has 0 bridgehead atoms. The number of aliphatic imine (C=N–C) groups is 1. The van der Waals surface area contributed by atoms with Crippen LogP contribution >= 0.6 is 0 Å². The van der Waals surface area contributed by atoms with Gasteiger partial charge < -0.3 is 15.4 Å². The maximum absolute atomic E-state index is 14.2. The summed E-state index contributed by atoms with van der Waals surface area (Å²) >= 11 is 0. The molecule has 1 aliphatic rings. The van der Waals surface area contributed by atoms with Gasteiger partial charge in [0.05, 0.1) is 24.2 Å². The van der Waals surface area contributed by atoms with Crippen molar-refractivity contribution in [2.75, 3.05) is 6.54 Å². The van der Waals surface area contributed by atoms with Crippen molar-refractivity contribution in [2.45, 2.75) is 45.4 Å². The van der Waals surface area contributed by atoms with Gasteiger partial charge in [0.25, 0.3) is 0 Å². The summed E-state index contributed by atoms with van der Waals surface area (Å²) in [6.07, 6.45) is 0.777. The minimum atomic E-state index is -0.420. The fourth-order valence-electron chi connectivity index (χ4n) is 3.33. The number of fused-ring (bicyclic) bond motifs is 1. The van der Waals surface area contributed by atoms with Crippen molar-refractivity contribution in [3.63, 3.8) is 0 Å². The number of rotatable bonds is 4. The summed E-state index contributed by atoms with van der Waals surface area (Å²) in [7, 11) is 0. The lowest BCUT2D eigenvalue weighted by Crippen LogP contribution is -2.45. The van der Waals surface area contributed by atoms with E-state index in [1.807, 2.05) is 37.3 Å². The van der Waals surface area contributed by atoms with Crippen molar-refractivity contribution in [1.82, 2.24) is 10.6 Å². The summed E-state index contributed by atoms with van der Waals surface area (Å²) in [4.78, 5) is 4.55. The van der Waals surface area contributed by atoms with Crippen LogP contribution in [0.1, 0.15) is 49.9 Å². The fourth-order valence-corrected chi connectivity index (χ4v) is 3.33. The largest absolute Gasteiger partial charge is 0.487 e. The number of halogens is 1. The van der Waals surface area contributed by atoms with Crippen LogP contribution in [-0.4, -0.2) is 18.1 Å². The maximum Gasteiger partial charge on any atom is 0.192 e. The van der Waals surface area contributed by atoms with Crippen molar-refractivity contribution >= 4 is 5.96 Å². The molecule has 2 N–H and O–H groups in total. The van der Waals surface area contributed by atoms with Gasteiger partial charge in [-0.15, -0.1) is 0 Å². The molecular weight excluding hydrogens is 355 g/mol. The highest BCUT2D eigenvalue weighted by atomic mass is 19.1. The van der Waals surface area contributed by atoms with E-state index in [1.165, 1.54) is 6.07 Å². The van der Waals surface area contributed by atoms with E-state index >= 15 is 0 Å². The van der Waals surface area contributed by atoms with Crippen molar-refractivity contribution in [1.29, 1.82) is 5.26 Å². The SMILES string of the molecule is CCNC(=NCc1ccc(C#N)cc1F)NC1CC(C)(C)Oc2ccccc21. The Morgan fingerprint density at radius 2 is 2.11 bits per heavy atom. The van der Waals surface area contributed by atoms with Gasteiger partial charge in [-0.2, -0.15) is 5.26 Å². The van der Waals surface area contributed by atoms with Crippen LogP contribution < -0.4 is 15.4 Å². The first-order chi connectivity index (χ1) is 13.4. The number of nitrogens with one attached hydrogen (secondary N) is 2. The first-order valence-electron chi connectivity index (χ1n) is 9.43. The zero-order chi connectivity index (χ0) is 20.1. The van der Waals surface area contributed by atoms with E-state index < -0.39 is 5.82 Å². The number of ether oxygens (including phenoxy) is 1. The van der Waals surface area contributed by atoms with Gasteiger partial charge in [-0.1, -0.05) is 24.3 Å². The van der Waals surface area contributed by atoms with Crippen LogP contribution in [0.3, 0.4) is 0 Å². The third kappa shape index (κ3) is 4.61. The molecule has 1 aliphatic heterocycles. The second-order valence-corrected chi connectivity index (χ2v) is 7.41. The average Bonchev–Trinajstić information content (AvgIpc) is 2.66. The Kier molecular flexibility index (Phi) is 5.84. The van der Waals surface area contributed by atoms with Crippen LogP contribution in [0.25, 0.3) is 0 Å². The maximum atomic E-state index is 14.2. The standard InChI is InChI=1S/C22H25FN4O/c1-4-25-21(26-14-16-10-9-15(13-24)11-18(16)23)27-19-12-22(2,3)28-20-8-6-5-7-17(19)20/h5-11,19H,4,12,14H2,1-3H3,(H2,25,26,27). The van der Waals surface area contributed by atoms with Gasteiger partial charge in [-0.3, -0.25) is 0 Å². The van der Waals surface area contributed by atoms with E-state index in [4.69, 9.17) is 10.00 Å². The number of benzene rings is 2. The van der Waals surface area contributed by atoms with Crippen LogP contribution in [0.2, 0.25) is 0 Å². The summed E-state index contributed by atoms with van der Waals surface area (Å²) in [5, 5.41) is 15.6. The van der Waals surface area contributed by atoms with Gasteiger partial charge in [0.15, 0.2) is 5.96 Å². The van der Waals surface area contributed by atoms with Gasteiger partial charge in [-0.25, -0.2) is 9.38 Å². The van der Waals surface area contributed by atoms with Gasteiger partial charge in [0.2, 0.25) is 0 Å². The van der Waals surface area contributed by atoms with Crippen molar-refractivity contribution in [3.8, 4) is 11.8 Å². The zero-order valence-corrected chi connectivity index (χ0v) is 16.4. The van der Waals surface area contributed by atoms with E-state index in [9.17, 15) is 4.39 Å². The summed E-state index contributed by atoms with van der Waals surface area (Å²) in [6.45, 7) is 6.99. The minimum absolute atomic E-state index is 0.0311. The second kappa shape index (κ2) is 8.30. The van der Waals surface area contributed by atoms with Crippen molar-refractivity contribution in [2.24, 2.45) is 4.99 Å². The zero-order valence-electron chi connectivity index (χ0n) is 16.4. The molecule has 0 saturated carbocycles. The molecule has 2 aromatic carbocycles. The summed E-state index contributed by atoms with van der Waals surface area (Å²) < 4.78 is 20.2. The molecule has 0 spiro atoms. The topological polar surface area (TPSA) is 69.4 Å². The van der Waals surface area contributed by atoms with E-state index in [-0.39, 0.29) is 18.2 Å². The highest BCUT2D eigenvalue weighted by Crippen LogP contribution is 2.39. The summed E-state index contributed by atoms with van der Waals surface area (Å²) in [6, 6.07) is 14.4. The molecule has 146 valence electrons. The molecule has 1 atom stereocenters. The van der Waals surface area contributed by atoms with Gasteiger partial charge in [0, 0.05) is 24.1 Å². The second-order valence-electron chi connectivity index (χ2n) is 7.41. The number of nitriles is 1. The Bertz CT molecular complexity index is 917. The number of guanidine groups is 1. The molecule has 6 heteroatoms. The van der Waals surface area contributed by atoms with Crippen LogP contribution in [0.5, 0.6) is 5.75 Å². The lowest BCUT2D eigenvalue weighted by atomic mass is 9.90. The molecule has 1 unspecified atom stereocenters. The Morgan fingerprint density at radius 3 is 2.82 bits per heavy atom. The smallest absolute Gasteiger partial charge is 0.192 e. The Hall–Kier alpha value is -3.07. The normalized spacial score (nSPS) is 17.8. The van der Waals surface area contributed by atoms with E-state index in [0.29, 0.717) is 23.6 Å². The molecule has 2 aromatic rings. The molecule has 0 saturated heterocycles. The monoisotopic (exact) mass is 380 g/mol. The highest BCUT2D eigenvalue weighted by Gasteiger charge is 2.33. The van der Waals surface area contributed by atoms with Crippen molar-refractivity contribution < 1.29 is 9.13 Å². The van der Waals surface area contributed by atoms with Crippen LogP contribution in [0.15, 0.2) is 47.5 Å². The first-order valence-corrected chi connectivity index (χ1v) is 9.43. The molecule has 0 aliphatic carbocycles. The lowest BCUT2D eigenvalue weighted by molar-refractivity contribution is 0.0694.